The Hall–Kier alpha value is -5.05. The topological polar surface area (TPSA) is 105 Å². The normalized spacial score (nSPS) is 13.8. The highest BCUT2D eigenvalue weighted by Gasteiger charge is 2.17. The van der Waals surface area contributed by atoms with Crippen molar-refractivity contribution in [3.63, 3.8) is 0 Å². The van der Waals surface area contributed by atoms with Crippen molar-refractivity contribution in [1.29, 1.82) is 0 Å². The van der Waals surface area contributed by atoms with E-state index in [1.165, 1.54) is 31.1 Å². The van der Waals surface area contributed by atoms with E-state index >= 15 is 0 Å². The van der Waals surface area contributed by atoms with Crippen molar-refractivity contribution < 1.29 is 9.59 Å². The molecule has 200 valence electrons. The van der Waals surface area contributed by atoms with Crippen molar-refractivity contribution in [2.24, 2.45) is 5.92 Å². The summed E-state index contributed by atoms with van der Waals surface area (Å²) in [6.07, 6.45) is 7.04. The van der Waals surface area contributed by atoms with Crippen LogP contribution in [-0.4, -0.2) is 44.7 Å². The zero-order valence-corrected chi connectivity index (χ0v) is 22.1. The van der Waals surface area contributed by atoms with Crippen LogP contribution in [0.4, 0.5) is 17.1 Å². The van der Waals surface area contributed by atoms with Crippen LogP contribution in [0.5, 0.6) is 0 Å². The van der Waals surface area contributed by atoms with Crippen molar-refractivity contribution in [3.05, 3.63) is 103 Å². The lowest BCUT2D eigenvalue weighted by atomic mass is 9.98. The molecule has 3 aromatic carbocycles. The summed E-state index contributed by atoms with van der Waals surface area (Å²) >= 11 is 0. The molecule has 0 atom stereocenters. The van der Waals surface area contributed by atoms with Gasteiger partial charge in [-0.25, -0.2) is 14.6 Å². The number of anilines is 3. The predicted octanol–water partition coefficient (Wildman–Crippen LogP) is 5.56. The summed E-state index contributed by atoms with van der Waals surface area (Å²) in [5.41, 5.74) is 5.17. The van der Waals surface area contributed by atoms with Crippen LogP contribution in [0.2, 0.25) is 0 Å². The van der Waals surface area contributed by atoms with E-state index in [0.717, 1.165) is 35.6 Å². The summed E-state index contributed by atoms with van der Waals surface area (Å²) in [6, 6.07) is 22.5. The maximum Gasteiger partial charge on any atom is 0.274 e. The minimum Gasteiger partial charge on any atom is -0.372 e. The van der Waals surface area contributed by atoms with Gasteiger partial charge in [-0.05, 0) is 91.6 Å². The van der Waals surface area contributed by atoms with Gasteiger partial charge in [-0.15, -0.1) is 0 Å². The van der Waals surface area contributed by atoms with E-state index < -0.39 is 0 Å². The van der Waals surface area contributed by atoms with Gasteiger partial charge < -0.3 is 15.5 Å². The summed E-state index contributed by atoms with van der Waals surface area (Å²) in [4.78, 5) is 35.4. The van der Waals surface area contributed by atoms with Crippen LogP contribution < -0.4 is 15.5 Å². The molecule has 0 radical (unpaired) electrons. The lowest BCUT2D eigenvalue weighted by molar-refractivity contribution is 0.101. The number of benzene rings is 3. The highest BCUT2D eigenvalue weighted by molar-refractivity contribution is 6.05. The van der Waals surface area contributed by atoms with E-state index in [-0.39, 0.29) is 11.8 Å². The number of rotatable bonds is 6. The smallest absolute Gasteiger partial charge is 0.274 e. The molecule has 0 unspecified atom stereocenters. The largest absolute Gasteiger partial charge is 0.372 e. The fourth-order valence-corrected chi connectivity index (χ4v) is 4.92. The number of amides is 2. The number of nitrogens with one attached hydrogen (secondary N) is 2. The Morgan fingerprint density at radius 1 is 0.825 bits per heavy atom. The lowest BCUT2D eigenvalue weighted by Gasteiger charge is -2.32. The third-order valence-corrected chi connectivity index (χ3v) is 7.29. The van der Waals surface area contributed by atoms with Crippen molar-refractivity contribution in [3.8, 4) is 5.69 Å². The summed E-state index contributed by atoms with van der Waals surface area (Å²) in [6.45, 7) is 4.42. The number of hydrogen-bond acceptors (Lipinski definition) is 6. The molecule has 0 bridgehead atoms. The Kier molecular flexibility index (Phi) is 6.93. The van der Waals surface area contributed by atoms with Gasteiger partial charge in [-0.2, -0.15) is 5.10 Å². The van der Waals surface area contributed by atoms with Crippen molar-refractivity contribution in [2.45, 2.75) is 19.8 Å². The van der Waals surface area contributed by atoms with Gasteiger partial charge in [0.15, 0.2) is 0 Å². The van der Waals surface area contributed by atoms with Gasteiger partial charge >= 0.3 is 0 Å². The van der Waals surface area contributed by atoms with E-state index in [1.807, 2.05) is 71.4 Å². The highest BCUT2D eigenvalue weighted by Crippen LogP contribution is 2.25. The van der Waals surface area contributed by atoms with Gasteiger partial charge in [0.05, 0.1) is 17.4 Å². The first kappa shape index (κ1) is 25.2. The maximum absolute atomic E-state index is 12.9. The molecular formula is C31H29N7O2. The average molecular weight is 532 g/mol. The molecule has 1 fully saturated rings. The van der Waals surface area contributed by atoms with Crippen LogP contribution in [0.3, 0.4) is 0 Å². The second kappa shape index (κ2) is 11.0. The van der Waals surface area contributed by atoms with Crippen molar-refractivity contribution in [1.82, 2.24) is 19.7 Å². The van der Waals surface area contributed by atoms with Crippen molar-refractivity contribution in [2.75, 3.05) is 28.6 Å². The molecule has 9 heteroatoms. The van der Waals surface area contributed by atoms with E-state index in [9.17, 15) is 9.59 Å². The minimum atomic E-state index is -0.304. The molecule has 40 heavy (non-hydrogen) atoms. The number of fused-ring (bicyclic) bond motifs is 1. The van der Waals surface area contributed by atoms with Gasteiger partial charge in [0.1, 0.15) is 12.0 Å². The highest BCUT2D eigenvalue weighted by atomic mass is 16.2. The SMILES string of the molecule is CC1CCN(c2ccc(C(=O)Nc3ccc4c(cnn4-c4ccc(NC(=O)c5ccncn5)cc4)c3)cc2)CC1. The van der Waals surface area contributed by atoms with Gasteiger partial charge in [-0.3, -0.25) is 9.59 Å². The molecule has 0 aliphatic carbocycles. The first-order chi connectivity index (χ1) is 19.5. The Bertz CT molecular complexity index is 1640. The van der Waals surface area contributed by atoms with Gasteiger partial charge in [-0.1, -0.05) is 6.92 Å². The fourth-order valence-electron chi connectivity index (χ4n) is 4.92. The Balaban J connectivity index is 1.11. The molecule has 1 aliphatic rings. The van der Waals surface area contributed by atoms with E-state index in [2.05, 4.69) is 37.5 Å². The molecule has 0 spiro atoms. The summed E-state index contributed by atoms with van der Waals surface area (Å²) in [5.74, 6) is 0.328. The summed E-state index contributed by atoms with van der Waals surface area (Å²) in [7, 11) is 0. The molecule has 2 aromatic heterocycles. The van der Waals surface area contributed by atoms with Gasteiger partial charge in [0.25, 0.3) is 11.8 Å². The third-order valence-electron chi connectivity index (χ3n) is 7.29. The average Bonchev–Trinajstić information content (AvgIpc) is 3.42. The van der Waals surface area contributed by atoms with Crippen LogP contribution in [0.15, 0.2) is 91.5 Å². The van der Waals surface area contributed by atoms with Crippen LogP contribution in [-0.2, 0) is 0 Å². The van der Waals surface area contributed by atoms with Gasteiger partial charge in [0.2, 0.25) is 0 Å². The Morgan fingerprint density at radius 3 is 2.25 bits per heavy atom. The molecule has 1 saturated heterocycles. The zero-order valence-electron chi connectivity index (χ0n) is 22.1. The van der Waals surface area contributed by atoms with Crippen molar-refractivity contribution >= 4 is 39.8 Å². The van der Waals surface area contributed by atoms with E-state index in [0.29, 0.717) is 22.6 Å². The molecule has 0 saturated carbocycles. The number of piperidine rings is 1. The van der Waals surface area contributed by atoms with Crippen LogP contribution in [0.1, 0.15) is 40.6 Å². The minimum absolute atomic E-state index is 0.148. The monoisotopic (exact) mass is 531 g/mol. The second-order valence-electron chi connectivity index (χ2n) is 10.1. The molecular weight excluding hydrogens is 502 g/mol. The third kappa shape index (κ3) is 5.40. The van der Waals surface area contributed by atoms with Crippen LogP contribution >= 0.6 is 0 Å². The first-order valence-corrected chi connectivity index (χ1v) is 13.4. The van der Waals surface area contributed by atoms with Crippen LogP contribution in [0.25, 0.3) is 16.6 Å². The number of carbonyl (C=O) groups is 2. The molecule has 2 amide bonds. The number of nitrogens with zero attached hydrogens (tertiary/aromatic N) is 5. The van der Waals surface area contributed by atoms with Crippen LogP contribution in [0, 0.1) is 5.92 Å². The Labute approximate surface area is 231 Å². The molecule has 9 nitrogen and oxygen atoms in total. The molecule has 6 rings (SSSR count). The molecule has 5 aromatic rings. The quantitative estimate of drug-likeness (QED) is 0.297. The molecule has 1 aliphatic heterocycles. The predicted molar refractivity (Wildman–Crippen MR) is 156 cm³/mol. The zero-order chi connectivity index (χ0) is 27.5. The first-order valence-electron chi connectivity index (χ1n) is 13.4. The summed E-state index contributed by atoms with van der Waals surface area (Å²) < 4.78 is 1.82. The molecule has 3 heterocycles. The van der Waals surface area contributed by atoms with E-state index in [1.54, 1.807) is 12.3 Å². The fraction of sp³-hybridized carbons (Fsp3) is 0.194. The molecule has 2 N–H and O–H groups in total. The number of hydrogen-bond donors (Lipinski definition) is 2. The lowest BCUT2D eigenvalue weighted by Crippen LogP contribution is -2.32. The number of aromatic nitrogens is 4. The standard InChI is InChI=1S/C31H29N7O2/c1-21-13-16-37(17-14-21)26-7-2-22(3-8-26)30(39)36-25-6-11-29-23(18-25)19-34-38(29)27-9-4-24(5-10-27)35-31(40)28-12-15-32-20-33-28/h2-12,15,18-21H,13-14,16-17H2,1H3,(H,35,40)(H,36,39). The maximum atomic E-state index is 12.9. The van der Waals surface area contributed by atoms with Gasteiger partial charge in [0, 0.05) is 47.3 Å². The van der Waals surface area contributed by atoms with E-state index in [4.69, 9.17) is 0 Å². The Morgan fingerprint density at radius 2 is 1.52 bits per heavy atom. The second-order valence-corrected chi connectivity index (χ2v) is 10.1. The number of carbonyl (C=O) groups excluding carboxylic acids is 2. The summed E-state index contributed by atoms with van der Waals surface area (Å²) in [5, 5.41) is 11.3.